The first-order chi connectivity index (χ1) is 9.60. The van der Waals surface area contributed by atoms with E-state index in [9.17, 15) is 4.79 Å². The smallest absolute Gasteiger partial charge is 0.408 e. The van der Waals surface area contributed by atoms with E-state index in [1.165, 1.54) is 11.3 Å². The molecule has 20 heavy (non-hydrogen) atoms. The molecule has 0 amide bonds. The van der Waals surface area contributed by atoms with Crippen molar-refractivity contribution >= 4 is 50.0 Å². The van der Waals surface area contributed by atoms with Crippen molar-refractivity contribution < 1.29 is 4.42 Å². The van der Waals surface area contributed by atoms with Crippen LogP contribution in [0.15, 0.2) is 39.5 Å². The molecule has 1 unspecified atom stereocenters. The van der Waals surface area contributed by atoms with Crippen LogP contribution in [0.3, 0.4) is 0 Å². The lowest BCUT2D eigenvalue weighted by Crippen LogP contribution is -2.11. The van der Waals surface area contributed by atoms with Gasteiger partial charge in [0.25, 0.3) is 0 Å². The molecule has 0 aliphatic carbocycles. The zero-order chi connectivity index (χ0) is 14.3. The molecule has 0 saturated heterocycles. The van der Waals surface area contributed by atoms with Gasteiger partial charge in [0.2, 0.25) is 0 Å². The van der Waals surface area contributed by atoms with Gasteiger partial charge < -0.3 is 4.42 Å². The van der Waals surface area contributed by atoms with Crippen molar-refractivity contribution in [3.8, 4) is 0 Å². The zero-order valence-corrected chi connectivity index (χ0v) is 13.8. The average Bonchev–Trinajstić information content (AvgIpc) is 2.99. The van der Waals surface area contributed by atoms with E-state index < -0.39 is 0 Å². The molecule has 0 aliphatic rings. The van der Waals surface area contributed by atoms with E-state index in [0.717, 1.165) is 20.3 Å². The highest BCUT2D eigenvalue weighted by Gasteiger charge is 2.15. The molecule has 0 saturated carbocycles. The Morgan fingerprint density at radius 2 is 2.20 bits per heavy atom. The van der Waals surface area contributed by atoms with E-state index in [1.54, 1.807) is 4.57 Å². The molecular formula is C14H11BrClNO2S. The molecule has 0 spiro atoms. The second-order valence-electron chi connectivity index (χ2n) is 4.34. The van der Waals surface area contributed by atoms with Crippen LogP contribution in [-0.4, -0.2) is 4.57 Å². The summed E-state index contributed by atoms with van der Waals surface area (Å²) >= 11 is 11.2. The Morgan fingerprint density at radius 1 is 1.40 bits per heavy atom. The van der Waals surface area contributed by atoms with Crippen molar-refractivity contribution in [2.75, 3.05) is 0 Å². The van der Waals surface area contributed by atoms with Crippen molar-refractivity contribution in [3.05, 3.63) is 55.7 Å². The number of alkyl halides is 1. The van der Waals surface area contributed by atoms with Crippen LogP contribution in [0, 0.1) is 0 Å². The van der Waals surface area contributed by atoms with Gasteiger partial charge >= 0.3 is 5.76 Å². The van der Waals surface area contributed by atoms with E-state index in [-0.39, 0.29) is 10.6 Å². The molecule has 6 heteroatoms. The molecule has 3 nitrogen and oxygen atoms in total. The first-order valence-electron chi connectivity index (χ1n) is 6.12. The second-order valence-corrected chi connectivity index (χ2v) is 7.01. The average molecular weight is 373 g/mol. The van der Waals surface area contributed by atoms with Crippen LogP contribution >= 0.6 is 38.9 Å². The van der Waals surface area contributed by atoms with Crippen LogP contribution in [0.5, 0.6) is 0 Å². The van der Waals surface area contributed by atoms with Gasteiger partial charge in [-0.15, -0.1) is 11.3 Å². The normalized spacial score (nSPS) is 12.9. The minimum Gasteiger partial charge on any atom is -0.408 e. The fourth-order valence-electron chi connectivity index (χ4n) is 2.17. The maximum Gasteiger partial charge on any atom is 0.419 e. The lowest BCUT2D eigenvalue weighted by atomic mass is 10.1. The number of rotatable bonds is 3. The van der Waals surface area contributed by atoms with Gasteiger partial charge in [0, 0.05) is 11.4 Å². The predicted octanol–water partition coefficient (Wildman–Crippen LogP) is 4.81. The summed E-state index contributed by atoms with van der Waals surface area (Å²) in [4.78, 5) is 12.9. The van der Waals surface area contributed by atoms with Crippen molar-refractivity contribution in [1.29, 1.82) is 0 Å². The molecule has 104 valence electrons. The molecule has 0 N–H and O–H groups in total. The number of oxazole rings is 1. The molecule has 2 heterocycles. The number of fused-ring (bicyclic) bond motifs is 1. The standard InChI is InChI=1S/C14H11BrClNO2S/c1-2-17-9-4-3-8(7-10(9)19-14(17)18)13(15)11-5-6-12(16)20-11/h3-7,13H,2H2,1H3. The number of aryl methyl sites for hydroxylation is 1. The van der Waals surface area contributed by atoms with Crippen molar-refractivity contribution in [1.82, 2.24) is 4.57 Å². The first-order valence-corrected chi connectivity index (χ1v) is 8.23. The Morgan fingerprint density at radius 3 is 2.85 bits per heavy atom. The topological polar surface area (TPSA) is 35.1 Å². The first kappa shape index (κ1) is 13.9. The lowest BCUT2D eigenvalue weighted by Gasteiger charge is -2.07. The van der Waals surface area contributed by atoms with Gasteiger partial charge in [0.05, 0.1) is 14.7 Å². The van der Waals surface area contributed by atoms with Crippen LogP contribution in [0.2, 0.25) is 4.34 Å². The Balaban J connectivity index is 2.07. The quantitative estimate of drug-likeness (QED) is 0.618. The van der Waals surface area contributed by atoms with Crippen LogP contribution in [0.1, 0.15) is 22.2 Å². The third-order valence-corrected chi connectivity index (χ3v) is 5.77. The molecule has 3 aromatic rings. The summed E-state index contributed by atoms with van der Waals surface area (Å²) in [5.74, 6) is -0.315. The Bertz CT molecular complexity index is 820. The SMILES string of the molecule is CCn1c(=O)oc2cc(C(Br)c3ccc(Cl)s3)ccc21. The van der Waals surface area contributed by atoms with Crippen LogP contribution < -0.4 is 5.76 Å². The number of aromatic nitrogens is 1. The monoisotopic (exact) mass is 371 g/mol. The van der Waals surface area contributed by atoms with Crippen molar-refractivity contribution in [2.45, 2.75) is 18.3 Å². The molecule has 0 fully saturated rings. The van der Waals surface area contributed by atoms with Crippen molar-refractivity contribution in [3.63, 3.8) is 0 Å². The Hall–Kier alpha value is -1.04. The zero-order valence-electron chi connectivity index (χ0n) is 10.6. The van der Waals surface area contributed by atoms with Crippen molar-refractivity contribution in [2.24, 2.45) is 0 Å². The van der Waals surface area contributed by atoms with Gasteiger partial charge in [-0.05, 0) is 36.8 Å². The highest BCUT2D eigenvalue weighted by molar-refractivity contribution is 9.09. The molecule has 2 aromatic heterocycles. The molecule has 1 atom stereocenters. The van der Waals surface area contributed by atoms with E-state index in [0.29, 0.717) is 12.1 Å². The van der Waals surface area contributed by atoms with Crippen LogP contribution in [0.4, 0.5) is 0 Å². The Labute approximate surface area is 132 Å². The predicted molar refractivity (Wildman–Crippen MR) is 86.2 cm³/mol. The van der Waals surface area contributed by atoms with Crippen LogP contribution in [0.25, 0.3) is 11.1 Å². The summed E-state index contributed by atoms with van der Waals surface area (Å²) in [5, 5.41) is 0. The number of thiophene rings is 1. The van der Waals surface area contributed by atoms with Crippen LogP contribution in [-0.2, 0) is 6.54 Å². The third-order valence-electron chi connectivity index (χ3n) is 3.14. The van der Waals surface area contributed by atoms with Gasteiger partial charge in [-0.25, -0.2) is 4.79 Å². The fourth-order valence-corrected chi connectivity index (χ4v) is 3.95. The summed E-state index contributed by atoms with van der Waals surface area (Å²) in [6.45, 7) is 2.52. The Kier molecular flexibility index (Phi) is 3.75. The maximum absolute atomic E-state index is 11.7. The highest BCUT2D eigenvalue weighted by Crippen LogP contribution is 2.37. The maximum atomic E-state index is 11.7. The number of halogens is 2. The molecule has 3 rings (SSSR count). The van der Waals surface area contributed by atoms with E-state index in [2.05, 4.69) is 15.9 Å². The summed E-state index contributed by atoms with van der Waals surface area (Å²) in [6, 6.07) is 9.68. The van der Waals surface area contributed by atoms with Gasteiger partial charge in [-0.3, -0.25) is 4.57 Å². The lowest BCUT2D eigenvalue weighted by molar-refractivity contribution is 0.513. The van der Waals surface area contributed by atoms with Gasteiger partial charge in [-0.1, -0.05) is 33.6 Å². The summed E-state index contributed by atoms with van der Waals surface area (Å²) in [6.07, 6.45) is 0. The number of nitrogens with zero attached hydrogens (tertiary/aromatic N) is 1. The molecule has 0 radical (unpaired) electrons. The van der Waals surface area contributed by atoms with E-state index in [4.69, 9.17) is 16.0 Å². The number of hydrogen-bond acceptors (Lipinski definition) is 3. The highest BCUT2D eigenvalue weighted by atomic mass is 79.9. The molecule has 0 aliphatic heterocycles. The summed E-state index contributed by atoms with van der Waals surface area (Å²) in [5.41, 5.74) is 2.47. The number of benzene rings is 1. The minimum absolute atomic E-state index is 0.0414. The summed E-state index contributed by atoms with van der Waals surface area (Å²) in [7, 11) is 0. The van der Waals surface area contributed by atoms with E-state index >= 15 is 0 Å². The van der Waals surface area contributed by atoms with Gasteiger partial charge in [-0.2, -0.15) is 0 Å². The number of hydrogen-bond donors (Lipinski definition) is 0. The fraction of sp³-hybridized carbons (Fsp3) is 0.214. The minimum atomic E-state index is -0.315. The third kappa shape index (κ3) is 2.34. The molecular weight excluding hydrogens is 362 g/mol. The largest absolute Gasteiger partial charge is 0.419 e. The molecule has 0 bridgehead atoms. The van der Waals surface area contributed by atoms with Gasteiger partial charge in [0.15, 0.2) is 5.58 Å². The van der Waals surface area contributed by atoms with E-state index in [1.807, 2.05) is 37.3 Å². The van der Waals surface area contributed by atoms with Gasteiger partial charge in [0.1, 0.15) is 0 Å². The second kappa shape index (κ2) is 5.39. The summed E-state index contributed by atoms with van der Waals surface area (Å²) < 4.78 is 7.66. The molecule has 1 aromatic carbocycles.